The quantitative estimate of drug-likeness (QED) is 0.888. The number of carbonyl (C=O) groups is 1. The minimum Gasteiger partial charge on any atom is -0.502 e. The monoisotopic (exact) mass is 381 g/mol. The highest BCUT2D eigenvalue weighted by atomic mass is 16.3. The summed E-state index contributed by atoms with van der Waals surface area (Å²) in [7, 11) is 1.76. The van der Waals surface area contributed by atoms with Crippen molar-refractivity contribution in [2.24, 2.45) is 5.92 Å². The summed E-state index contributed by atoms with van der Waals surface area (Å²) in [6.07, 6.45) is 5.49. The van der Waals surface area contributed by atoms with Crippen molar-refractivity contribution < 1.29 is 9.90 Å². The van der Waals surface area contributed by atoms with Crippen molar-refractivity contribution in [2.45, 2.75) is 51.2 Å². The molecule has 0 spiro atoms. The molecule has 0 saturated carbocycles. The molecule has 28 heavy (non-hydrogen) atoms. The van der Waals surface area contributed by atoms with Gasteiger partial charge in [-0.15, -0.1) is 0 Å². The molecule has 0 aliphatic carbocycles. The molecule has 1 amide bonds. The second kappa shape index (κ2) is 6.69. The van der Waals surface area contributed by atoms with Crippen LogP contribution in [0, 0.1) is 5.92 Å². The highest BCUT2D eigenvalue weighted by Crippen LogP contribution is 2.47. The van der Waals surface area contributed by atoms with E-state index in [1.165, 1.54) is 11.6 Å². The number of hydrogen-bond donors (Lipinski definition) is 1. The van der Waals surface area contributed by atoms with Gasteiger partial charge in [-0.25, -0.2) is 0 Å². The van der Waals surface area contributed by atoms with E-state index in [0.29, 0.717) is 5.92 Å². The van der Waals surface area contributed by atoms with E-state index in [9.17, 15) is 14.7 Å². The number of rotatable bonds is 3. The second-order valence-corrected chi connectivity index (χ2v) is 8.04. The highest BCUT2D eigenvalue weighted by Gasteiger charge is 2.52. The first-order valence-electron chi connectivity index (χ1n) is 9.98. The molecule has 1 aromatic heterocycles. The van der Waals surface area contributed by atoms with Gasteiger partial charge in [-0.1, -0.05) is 43.7 Å². The Morgan fingerprint density at radius 2 is 1.86 bits per heavy atom. The number of aromatic hydroxyl groups is 1. The van der Waals surface area contributed by atoms with Crippen LogP contribution in [0.25, 0.3) is 0 Å². The SMILES string of the molecule is CCCC1CCC2N(C)C(=O)c3c(O)c(=O)ccn3N2C1(C)c1ccccc1. The van der Waals surface area contributed by atoms with Gasteiger partial charge < -0.3 is 10.0 Å². The molecule has 1 aromatic carbocycles. The molecule has 2 aromatic rings. The summed E-state index contributed by atoms with van der Waals surface area (Å²) in [4.78, 5) is 26.7. The summed E-state index contributed by atoms with van der Waals surface area (Å²) in [5.41, 5.74) is 0.302. The third kappa shape index (κ3) is 2.47. The summed E-state index contributed by atoms with van der Waals surface area (Å²) in [6.45, 7) is 4.41. The van der Waals surface area contributed by atoms with Gasteiger partial charge in [0, 0.05) is 19.3 Å². The Kier molecular flexibility index (Phi) is 4.44. The first-order chi connectivity index (χ1) is 13.4. The minimum absolute atomic E-state index is 0.0468. The van der Waals surface area contributed by atoms with Crippen LogP contribution < -0.4 is 10.4 Å². The normalized spacial score (nSPS) is 26.8. The smallest absolute Gasteiger partial charge is 0.277 e. The molecule has 4 rings (SSSR count). The van der Waals surface area contributed by atoms with Crippen LogP contribution in [0.5, 0.6) is 5.75 Å². The minimum atomic E-state index is -0.532. The van der Waals surface area contributed by atoms with E-state index in [1.54, 1.807) is 22.8 Å². The molecule has 3 unspecified atom stereocenters. The Morgan fingerprint density at radius 3 is 2.54 bits per heavy atom. The number of pyridine rings is 1. The zero-order valence-electron chi connectivity index (χ0n) is 16.6. The lowest BCUT2D eigenvalue weighted by Gasteiger charge is -2.59. The van der Waals surface area contributed by atoms with Crippen LogP contribution in [0.3, 0.4) is 0 Å². The van der Waals surface area contributed by atoms with Crippen molar-refractivity contribution in [2.75, 3.05) is 12.1 Å². The van der Waals surface area contributed by atoms with Gasteiger partial charge in [-0.05, 0) is 37.7 Å². The molecule has 1 N–H and O–H groups in total. The highest BCUT2D eigenvalue weighted by molar-refractivity contribution is 5.96. The molecule has 0 bridgehead atoms. The number of amides is 1. The molecule has 3 heterocycles. The molecule has 6 heteroatoms. The lowest BCUT2D eigenvalue weighted by Crippen LogP contribution is -2.70. The van der Waals surface area contributed by atoms with Crippen LogP contribution in [0.2, 0.25) is 0 Å². The zero-order chi connectivity index (χ0) is 20.1. The standard InChI is InChI=1S/C22H27N3O3/c1-4-8-15-11-12-18-23(3)21(28)19-20(27)17(26)13-14-24(19)25(18)22(15,2)16-9-6-5-7-10-16/h5-7,9-10,13-15,18,27H,4,8,11-12H2,1-3H3. The first-order valence-corrected chi connectivity index (χ1v) is 9.98. The van der Waals surface area contributed by atoms with Crippen LogP contribution in [-0.4, -0.2) is 33.8 Å². The van der Waals surface area contributed by atoms with Crippen LogP contribution >= 0.6 is 0 Å². The van der Waals surface area contributed by atoms with Gasteiger partial charge in [0.05, 0.1) is 5.54 Å². The number of hydrogen-bond acceptors (Lipinski definition) is 4. The van der Waals surface area contributed by atoms with E-state index in [4.69, 9.17) is 0 Å². The largest absolute Gasteiger partial charge is 0.502 e. The Labute approximate surface area is 165 Å². The van der Waals surface area contributed by atoms with Gasteiger partial charge in [0.15, 0.2) is 11.4 Å². The Balaban J connectivity index is 1.99. The fourth-order valence-electron chi connectivity index (χ4n) is 5.09. The van der Waals surface area contributed by atoms with Crippen molar-refractivity contribution >= 4 is 5.91 Å². The fourth-order valence-corrected chi connectivity index (χ4v) is 5.09. The van der Waals surface area contributed by atoms with E-state index < -0.39 is 11.2 Å². The van der Waals surface area contributed by atoms with E-state index in [1.807, 2.05) is 18.2 Å². The average molecular weight is 381 g/mol. The summed E-state index contributed by atoms with van der Waals surface area (Å²) in [5, 5.41) is 12.6. The predicted molar refractivity (Wildman–Crippen MR) is 108 cm³/mol. The van der Waals surface area contributed by atoms with Crippen LogP contribution in [0.15, 0.2) is 47.4 Å². The average Bonchev–Trinajstić information content (AvgIpc) is 2.70. The Morgan fingerprint density at radius 1 is 1.14 bits per heavy atom. The van der Waals surface area contributed by atoms with Crippen molar-refractivity contribution in [1.29, 1.82) is 0 Å². The number of carbonyl (C=O) groups excluding carboxylic acids is 1. The maximum Gasteiger partial charge on any atom is 0.277 e. The summed E-state index contributed by atoms with van der Waals surface area (Å²) < 4.78 is 1.72. The predicted octanol–water partition coefficient (Wildman–Crippen LogP) is 3.03. The molecule has 3 atom stereocenters. The van der Waals surface area contributed by atoms with Gasteiger partial charge in [0.1, 0.15) is 6.17 Å². The van der Waals surface area contributed by atoms with Crippen molar-refractivity contribution in [3.63, 3.8) is 0 Å². The molecular formula is C22H27N3O3. The molecule has 1 saturated heterocycles. The van der Waals surface area contributed by atoms with Gasteiger partial charge in [-0.2, -0.15) is 0 Å². The van der Waals surface area contributed by atoms with Gasteiger partial charge >= 0.3 is 0 Å². The number of piperidine rings is 1. The maximum atomic E-state index is 13.0. The number of aromatic nitrogens is 1. The summed E-state index contributed by atoms with van der Waals surface area (Å²) in [5.74, 6) is -0.418. The molecule has 148 valence electrons. The van der Waals surface area contributed by atoms with Gasteiger partial charge in [-0.3, -0.25) is 19.3 Å². The zero-order valence-corrected chi connectivity index (χ0v) is 16.6. The van der Waals surface area contributed by atoms with E-state index in [2.05, 4.69) is 31.0 Å². The van der Waals surface area contributed by atoms with Gasteiger partial charge in [0.25, 0.3) is 5.91 Å². The molecule has 1 fully saturated rings. The van der Waals surface area contributed by atoms with Crippen molar-refractivity contribution in [3.8, 4) is 5.75 Å². The summed E-state index contributed by atoms with van der Waals surface area (Å²) in [6, 6.07) is 11.7. The number of benzene rings is 1. The lowest BCUT2D eigenvalue weighted by atomic mass is 9.71. The van der Waals surface area contributed by atoms with Crippen LogP contribution in [-0.2, 0) is 5.54 Å². The lowest BCUT2D eigenvalue weighted by molar-refractivity contribution is 0.0312. The van der Waals surface area contributed by atoms with Crippen LogP contribution in [0.1, 0.15) is 55.6 Å². The van der Waals surface area contributed by atoms with E-state index >= 15 is 0 Å². The van der Waals surface area contributed by atoms with Crippen molar-refractivity contribution in [1.82, 2.24) is 9.58 Å². The second-order valence-electron chi connectivity index (χ2n) is 8.04. The van der Waals surface area contributed by atoms with E-state index in [-0.39, 0.29) is 23.3 Å². The molecule has 2 aliphatic rings. The molecule has 6 nitrogen and oxygen atoms in total. The fraction of sp³-hybridized carbons (Fsp3) is 0.455. The third-order valence-electron chi connectivity index (χ3n) is 6.58. The Bertz CT molecular complexity index is 955. The number of fused-ring (bicyclic) bond motifs is 3. The van der Waals surface area contributed by atoms with Crippen molar-refractivity contribution in [3.05, 3.63) is 64.1 Å². The molecule has 2 aliphatic heterocycles. The van der Waals surface area contributed by atoms with Gasteiger partial charge in [0.2, 0.25) is 5.43 Å². The third-order valence-corrected chi connectivity index (χ3v) is 6.58. The topological polar surface area (TPSA) is 65.8 Å². The summed E-state index contributed by atoms with van der Waals surface area (Å²) >= 11 is 0. The maximum absolute atomic E-state index is 13.0. The van der Waals surface area contributed by atoms with E-state index in [0.717, 1.165) is 25.7 Å². The number of nitrogens with zero attached hydrogens (tertiary/aromatic N) is 3. The molecular weight excluding hydrogens is 354 g/mol. The molecule has 0 radical (unpaired) electrons. The Hall–Kier alpha value is -2.76. The van der Waals surface area contributed by atoms with Crippen LogP contribution in [0.4, 0.5) is 0 Å². The first kappa shape index (κ1) is 18.6.